The molecule has 1 aliphatic rings. The standard InChI is InChI=1S/C21H21N3O5/c1-14-21(24-29-23-14)26-10-9-22-20(25)12-17(15-5-3-2-4-6-15)16-7-8-18-19(11-16)28-13-27-18/h2-8,11,17H,9-10,12-13H2,1H3,(H,22,25). The van der Waals surface area contributed by atoms with Crippen LogP contribution in [0.4, 0.5) is 0 Å². The third-order valence-corrected chi connectivity index (χ3v) is 4.66. The van der Waals surface area contributed by atoms with Crippen molar-refractivity contribution in [2.24, 2.45) is 0 Å². The Kier molecular flexibility index (Phi) is 5.60. The Morgan fingerprint density at radius 3 is 2.72 bits per heavy atom. The highest BCUT2D eigenvalue weighted by molar-refractivity contribution is 5.77. The van der Waals surface area contributed by atoms with Gasteiger partial charge >= 0.3 is 0 Å². The van der Waals surface area contributed by atoms with Crippen molar-refractivity contribution in [3.8, 4) is 17.4 Å². The van der Waals surface area contributed by atoms with E-state index < -0.39 is 0 Å². The fraction of sp³-hybridized carbons (Fsp3) is 0.286. The fourth-order valence-corrected chi connectivity index (χ4v) is 3.19. The van der Waals surface area contributed by atoms with Crippen LogP contribution >= 0.6 is 0 Å². The van der Waals surface area contributed by atoms with E-state index in [0.717, 1.165) is 16.9 Å². The van der Waals surface area contributed by atoms with Gasteiger partial charge in [0.25, 0.3) is 5.88 Å². The maximum absolute atomic E-state index is 12.6. The van der Waals surface area contributed by atoms with Crippen molar-refractivity contribution < 1.29 is 23.6 Å². The topological polar surface area (TPSA) is 95.7 Å². The number of fused-ring (bicyclic) bond motifs is 1. The summed E-state index contributed by atoms with van der Waals surface area (Å²) in [4.78, 5) is 12.6. The lowest BCUT2D eigenvalue weighted by Crippen LogP contribution is -2.29. The number of carbonyl (C=O) groups is 1. The van der Waals surface area contributed by atoms with Crippen molar-refractivity contribution in [2.45, 2.75) is 19.3 Å². The molecule has 3 aromatic rings. The van der Waals surface area contributed by atoms with Gasteiger partial charge < -0.3 is 19.5 Å². The molecule has 0 saturated heterocycles. The second-order valence-corrected chi connectivity index (χ2v) is 6.63. The lowest BCUT2D eigenvalue weighted by molar-refractivity contribution is -0.121. The number of amides is 1. The highest BCUT2D eigenvalue weighted by atomic mass is 16.7. The molecule has 0 bridgehead atoms. The predicted molar refractivity (Wildman–Crippen MR) is 103 cm³/mol. The molecule has 0 radical (unpaired) electrons. The molecule has 1 atom stereocenters. The van der Waals surface area contributed by atoms with E-state index in [1.165, 1.54) is 0 Å². The smallest absolute Gasteiger partial charge is 0.278 e. The van der Waals surface area contributed by atoms with Crippen molar-refractivity contribution in [1.82, 2.24) is 15.6 Å². The third kappa shape index (κ3) is 4.48. The van der Waals surface area contributed by atoms with Gasteiger partial charge in [0.15, 0.2) is 11.5 Å². The van der Waals surface area contributed by atoms with Crippen LogP contribution in [0, 0.1) is 6.92 Å². The van der Waals surface area contributed by atoms with Crippen LogP contribution in [0.2, 0.25) is 0 Å². The first-order valence-corrected chi connectivity index (χ1v) is 9.34. The van der Waals surface area contributed by atoms with Crippen LogP contribution in [0.1, 0.15) is 29.2 Å². The molecule has 8 heteroatoms. The Hall–Kier alpha value is -3.55. The van der Waals surface area contributed by atoms with Crippen LogP contribution in [-0.4, -0.2) is 36.2 Å². The Labute approximate surface area is 167 Å². The molecule has 1 unspecified atom stereocenters. The summed E-state index contributed by atoms with van der Waals surface area (Å²) in [5, 5.41) is 10.2. The molecule has 150 valence electrons. The van der Waals surface area contributed by atoms with Crippen LogP contribution in [0.25, 0.3) is 0 Å². The minimum Gasteiger partial charge on any atom is -0.472 e. The monoisotopic (exact) mass is 395 g/mol. The van der Waals surface area contributed by atoms with Gasteiger partial charge in [0.05, 0.1) is 6.54 Å². The summed E-state index contributed by atoms with van der Waals surface area (Å²) >= 11 is 0. The van der Waals surface area contributed by atoms with Gasteiger partial charge in [0.2, 0.25) is 12.7 Å². The number of nitrogens with one attached hydrogen (secondary N) is 1. The molecular weight excluding hydrogens is 374 g/mol. The molecule has 29 heavy (non-hydrogen) atoms. The van der Waals surface area contributed by atoms with Crippen molar-refractivity contribution in [2.75, 3.05) is 19.9 Å². The van der Waals surface area contributed by atoms with Gasteiger partial charge in [-0.3, -0.25) is 4.79 Å². The number of carbonyl (C=O) groups excluding carboxylic acids is 1. The van der Waals surface area contributed by atoms with Gasteiger partial charge in [-0.1, -0.05) is 41.6 Å². The molecule has 1 aromatic heterocycles. The summed E-state index contributed by atoms with van der Waals surface area (Å²) in [7, 11) is 0. The number of aromatic nitrogens is 2. The Morgan fingerprint density at radius 2 is 1.93 bits per heavy atom. The molecule has 4 rings (SSSR count). The van der Waals surface area contributed by atoms with E-state index in [4.69, 9.17) is 14.2 Å². The van der Waals surface area contributed by atoms with Crippen molar-refractivity contribution in [1.29, 1.82) is 0 Å². The second-order valence-electron chi connectivity index (χ2n) is 6.63. The molecule has 0 spiro atoms. The normalized spacial score (nSPS) is 13.1. The predicted octanol–water partition coefficient (Wildman–Crippen LogP) is 2.82. The number of rotatable bonds is 8. The van der Waals surface area contributed by atoms with Gasteiger partial charge in [0.1, 0.15) is 12.3 Å². The summed E-state index contributed by atoms with van der Waals surface area (Å²) in [5.41, 5.74) is 2.63. The van der Waals surface area contributed by atoms with Gasteiger partial charge in [-0.25, -0.2) is 4.63 Å². The Balaban J connectivity index is 1.40. The first kappa shape index (κ1) is 18.8. The zero-order valence-corrected chi connectivity index (χ0v) is 16.0. The average Bonchev–Trinajstić information content (AvgIpc) is 3.38. The average molecular weight is 395 g/mol. The van der Waals surface area contributed by atoms with E-state index in [2.05, 4.69) is 20.3 Å². The highest BCUT2D eigenvalue weighted by Gasteiger charge is 2.22. The lowest BCUT2D eigenvalue weighted by atomic mass is 9.88. The molecule has 2 aromatic carbocycles. The molecular formula is C21H21N3O5. The minimum atomic E-state index is -0.103. The summed E-state index contributed by atoms with van der Waals surface area (Å²) in [6.45, 7) is 2.59. The number of aryl methyl sites for hydroxylation is 1. The molecule has 0 fully saturated rings. The van der Waals surface area contributed by atoms with Crippen LogP contribution in [0.3, 0.4) is 0 Å². The molecule has 1 aliphatic heterocycles. The van der Waals surface area contributed by atoms with Crippen LogP contribution in [0.15, 0.2) is 53.2 Å². The van der Waals surface area contributed by atoms with Gasteiger partial charge in [-0.05, 0) is 35.3 Å². The summed E-state index contributed by atoms with van der Waals surface area (Å²) in [5.74, 6) is 1.58. The van der Waals surface area contributed by atoms with E-state index >= 15 is 0 Å². The van der Waals surface area contributed by atoms with Gasteiger partial charge in [-0.2, -0.15) is 0 Å². The molecule has 0 aliphatic carbocycles. The van der Waals surface area contributed by atoms with E-state index in [0.29, 0.717) is 30.3 Å². The SMILES string of the molecule is Cc1nonc1OCCNC(=O)CC(c1ccccc1)c1ccc2c(c1)OCO2. The number of nitrogens with zero attached hydrogens (tertiary/aromatic N) is 2. The number of hydrogen-bond donors (Lipinski definition) is 1. The lowest BCUT2D eigenvalue weighted by Gasteiger charge is -2.18. The largest absolute Gasteiger partial charge is 0.472 e. The second kappa shape index (κ2) is 8.64. The quantitative estimate of drug-likeness (QED) is 0.586. The van der Waals surface area contributed by atoms with Crippen LogP contribution in [0.5, 0.6) is 17.4 Å². The third-order valence-electron chi connectivity index (χ3n) is 4.66. The zero-order valence-electron chi connectivity index (χ0n) is 16.0. The molecule has 1 N–H and O–H groups in total. The van der Waals surface area contributed by atoms with Crippen LogP contribution < -0.4 is 19.5 Å². The molecule has 0 saturated carbocycles. The zero-order chi connectivity index (χ0) is 20.1. The molecule has 1 amide bonds. The highest BCUT2D eigenvalue weighted by Crippen LogP contribution is 2.37. The number of hydrogen-bond acceptors (Lipinski definition) is 7. The Bertz CT molecular complexity index is 973. The van der Waals surface area contributed by atoms with Gasteiger partial charge in [0, 0.05) is 12.3 Å². The first-order chi connectivity index (χ1) is 14.2. The van der Waals surface area contributed by atoms with E-state index in [1.54, 1.807) is 6.92 Å². The van der Waals surface area contributed by atoms with Gasteiger partial charge in [-0.15, -0.1) is 0 Å². The molecule has 8 nitrogen and oxygen atoms in total. The number of ether oxygens (including phenoxy) is 3. The van der Waals surface area contributed by atoms with Crippen molar-refractivity contribution >= 4 is 5.91 Å². The molecule has 2 heterocycles. The maximum atomic E-state index is 12.6. The Morgan fingerprint density at radius 1 is 1.10 bits per heavy atom. The minimum absolute atomic E-state index is 0.0740. The maximum Gasteiger partial charge on any atom is 0.278 e. The fourth-order valence-electron chi connectivity index (χ4n) is 3.19. The van der Waals surface area contributed by atoms with Crippen LogP contribution in [-0.2, 0) is 4.79 Å². The summed E-state index contributed by atoms with van der Waals surface area (Å²) < 4.78 is 20.9. The summed E-state index contributed by atoms with van der Waals surface area (Å²) in [6.07, 6.45) is 0.300. The summed E-state index contributed by atoms with van der Waals surface area (Å²) in [6, 6.07) is 15.7. The van der Waals surface area contributed by atoms with Crippen molar-refractivity contribution in [3.05, 3.63) is 65.4 Å². The van der Waals surface area contributed by atoms with E-state index in [9.17, 15) is 4.79 Å². The first-order valence-electron chi connectivity index (χ1n) is 9.34. The van der Waals surface area contributed by atoms with E-state index in [-0.39, 0.29) is 25.2 Å². The number of benzene rings is 2. The van der Waals surface area contributed by atoms with E-state index in [1.807, 2.05) is 48.5 Å². The van der Waals surface area contributed by atoms with Crippen molar-refractivity contribution in [3.63, 3.8) is 0 Å².